The number of carbonyl (C=O) groups excluding carboxylic acids is 1. The highest BCUT2D eigenvalue weighted by atomic mass is 79.9. The Morgan fingerprint density at radius 3 is 2.71 bits per heavy atom. The van der Waals surface area contributed by atoms with Gasteiger partial charge in [-0.05, 0) is 52.7 Å². The minimum atomic E-state index is -0.196. The SMILES string of the molecule is COc1ccc(C(C)NCC(=O)Nc2cccc(Cl)c2Cl)cc1Br. The number of nitrogens with one attached hydrogen (secondary N) is 2. The van der Waals surface area contributed by atoms with Crippen LogP contribution >= 0.6 is 39.1 Å². The lowest BCUT2D eigenvalue weighted by Crippen LogP contribution is -2.30. The van der Waals surface area contributed by atoms with Crippen LogP contribution in [-0.2, 0) is 4.79 Å². The predicted octanol–water partition coefficient (Wildman–Crippen LogP) is 5.05. The van der Waals surface area contributed by atoms with E-state index in [9.17, 15) is 4.79 Å². The van der Waals surface area contributed by atoms with E-state index in [1.807, 2.05) is 25.1 Å². The molecule has 0 fully saturated rings. The van der Waals surface area contributed by atoms with Crippen molar-refractivity contribution in [1.29, 1.82) is 0 Å². The topological polar surface area (TPSA) is 50.4 Å². The number of rotatable bonds is 6. The van der Waals surface area contributed by atoms with Crippen LogP contribution in [0.1, 0.15) is 18.5 Å². The average molecular weight is 432 g/mol. The highest BCUT2D eigenvalue weighted by Gasteiger charge is 2.12. The van der Waals surface area contributed by atoms with Crippen molar-refractivity contribution in [3.63, 3.8) is 0 Å². The first-order valence-electron chi connectivity index (χ1n) is 7.23. The lowest BCUT2D eigenvalue weighted by atomic mass is 10.1. The van der Waals surface area contributed by atoms with Crippen molar-refractivity contribution < 1.29 is 9.53 Å². The molecule has 7 heteroatoms. The molecule has 0 heterocycles. The van der Waals surface area contributed by atoms with E-state index in [0.29, 0.717) is 15.7 Å². The third-order valence-corrected chi connectivity index (χ3v) is 4.91. The van der Waals surface area contributed by atoms with E-state index < -0.39 is 0 Å². The maximum Gasteiger partial charge on any atom is 0.238 e. The quantitative estimate of drug-likeness (QED) is 0.672. The van der Waals surface area contributed by atoms with Crippen LogP contribution in [0.25, 0.3) is 0 Å². The highest BCUT2D eigenvalue weighted by Crippen LogP contribution is 2.30. The molecule has 0 bridgehead atoms. The molecule has 0 spiro atoms. The predicted molar refractivity (Wildman–Crippen MR) is 102 cm³/mol. The van der Waals surface area contributed by atoms with Crippen LogP contribution in [0.2, 0.25) is 10.0 Å². The molecule has 0 aliphatic rings. The molecule has 0 aliphatic heterocycles. The van der Waals surface area contributed by atoms with Crippen molar-refractivity contribution in [1.82, 2.24) is 5.32 Å². The third-order valence-electron chi connectivity index (χ3n) is 3.47. The maximum absolute atomic E-state index is 12.1. The molecule has 2 rings (SSSR count). The summed E-state index contributed by atoms with van der Waals surface area (Å²) < 4.78 is 6.08. The second kappa shape index (κ2) is 8.72. The summed E-state index contributed by atoms with van der Waals surface area (Å²) in [4.78, 5) is 12.1. The molecular weight excluding hydrogens is 415 g/mol. The highest BCUT2D eigenvalue weighted by molar-refractivity contribution is 9.10. The van der Waals surface area contributed by atoms with Crippen molar-refractivity contribution in [2.45, 2.75) is 13.0 Å². The number of benzene rings is 2. The van der Waals surface area contributed by atoms with Gasteiger partial charge < -0.3 is 15.4 Å². The Morgan fingerprint density at radius 1 is 1.29 bits per heavy atom. The number of carbonyl (C=O) groups is 1. The van der Waals surface area contributed by atoms with E-state index in [-0.39, 0.29) is 18.5 Å². The molecule has 0 aromatic heterocycles. The van der Waals surface area contributed by atoms with Crippen LogP contribution < -0.4 is 15.4 Å². The van der Waals surface area contributed by atoms with Gasteiger partial charge in [-0.25, -0.2) is 0 Å². The summed E-state index contributed by atoms with van der Waals surface area (Å²) in [5, 5.41) is 6.64. The Hall–Kier alpha value is -1.27. The Kier molecular flexibility index (Phi) is 6.92. The van der Waals surface area contributed by atoms with E-state index in [2.05, 4.69) is 26.6 Å². The lowest BCUT2D eigenvalue weighted by molar-refractivity contribution is -0.115. The van der Waals surface area contributed by atoms with Gasteiger partial charge in [0.05, 0.1) is 33.9 Å². The summed E-state index contributed by atoms with van der Waals surface area (Å²) in [6.07, 6.45) is 0. The number of amides is 1. The minimum absolute atomic E-state index is 0.00668. The van der Waals surface area contributed by atoms with Gasteiger partial charge in [0, 0.05) is 6.04 Å². The number of hydrogen-bond acceptors (Lipinski definition) is 3. The van der Waals surface area contributed by atoms with Crippen LogP contribution in [0.5, 0.6) is 5.75 Å². The van der Waals surface area contributed by atoms with Crippen LogP contribution in [0.15, 0.2) is 40.9 Å². The number of hydrogen-bond donors (Lipinski definition) is 2. The van der Waals surface area contributed by atoms with E-state index in [4.69, 9.17) is 27.9 Å². The first kappa shape index (κ1) is 19.1. The number of methoxy groups -OCH3 is 1. The first-order valence-corrected chi connectivity index (χ1v) is 8.78. The number of halogens is 3. The Labute approximate surface area is 159 Å². The lowest BCUT2D eigenvalue weighted by Gasteiger charge is -2.16. The van der Waals surface area contributed by atoms with Gasteiger partial charge in [-0.1, -0.05) is 35.3 Å². The second-order valence-corrected chi connectivity index (χ2v) is 6.79. The molecule has 0 aliphatic carbocycles. The van der Waals surface area contributed by atoms with Crippen molar-refractivity contribution >= 4 is 50.7 Å². The molecule has 2 N–H and O–H groups in total. The Balaban J connectivity index is 1.93. The maximum atomic E-state index is 12.1. The number of ether oxygens (including phenoxy) is 1. The summed E-state index contributed by atoms with van der Waals surface area (Å²) >= 11 is 15.4. The van der Waals surface area contributed by atoms with Crippen LogP contribution in [-0.4, -0.2) is 19.6 Å². The van der Waals surface area contributed by atoms with Crippen molar-refractivity contribution in [3.8, 4) is 5.75 Å². The van der Waals surface area contributed by atoms with Crippen molar-refractivity contribution in [3.05, 3.63) is 56.5 Å². The fourth-order valence-corrected chi connectivity index (χ4v) is 3.02. The zero-order valence-electron chi connectivity index (χ0n) is 13.2. The summed E-state index contributed by atoms with van der Waals surface area (Å²) in [7, 11) is 1.62. The van der Waals surface area contributed by atoms with Gasteiger partial charge in [-0.15, -0.1) is 0 Å². The fourth-order valence-electron chi connectivity index (χ4n) is 2.11. The Bertz CT molecular complexity index is 741. The van der Waals surface area contributed by atoms with Gasteiger partial charge in [0.1, 0.15) is 5.75 Å². The molecule has 0 radical (unpaired) electrons. The molecule has 1 amide bonds. The Morgan fingerprint density at radius 2 is 2.04 bits per heavy atom. The monoisotopic (exact) mass is 430 g/mol. The van der Waals surface area contributed by atoms with Crippen LogP contribution in [0.4, 0.5) is 5.69 Å². The average Bonchev–Trinajstić information content (AvgIpc) is 2.56. The van der Waals surface area contributed by atoms with Crippen molar-refractivity contribution in [2.24, 2.45) is 0 Å². The first-order chi connectivity index (χ1) is 11.4. The number of anilines is 1. The van der Waals surface area contributed by atoms with Gasteiger partial charge in [-0.2, -0.15) is 0 Å². The second-order valence-electron chi connectivity index (χ2n) is 5.15. The standard InChI is InChI=1S/C17H17BrCl2N2O2/c1-10(11-6-7-15(24-2)12(18)8-11)21-9-16(23)22-14-5-3-4-13(19)17(14)20/h3-8,10,21H,9H2,1-2H3,(H,22,23). The molecule has 128 valence electrons. The van der Waals surface area contributed by atoms with E-state index in [1.54, 1.807) is 25.3 Å². The van der Waals surface area contributed by atoms with Gasteiger partial charge in [-0.3, -0.25) is 4.79 Å². The summed E-state index contributed by atoms with van der Waals surface area (Å²) in [5.74, 6) is 0.567. The third kappa shape index (κ3) is 4.86. The molecule has 4 nitrogen and oxygen atoms in total. The molecule has 0 saturated heterocycles. The molecule has 2 aromatic rings. The molecular formula is C17H17BrCl2N2O2. The summed E-state index contributed by atoms with van der Waals surface area (Å²) in [6, 6.07) is 10.9. The van der Waals surface area contributed by atoms with Gasteiger partial charge in [0.2, 0.25) is 5.91 Å². The van der Waals surface area contributed by atoms with Gasteiger partial charge in [0.25, 0.3) is 0 Å². The summed E-state index contributed by atoms with van der Waals surface area (Å²) in [5.41, 5.74) is 1.53. The van der Waals surface area contributed by atoms with Crippen LogP contribution in [0.3, 0.4) is 0 Å². The normalized spacial score (nSPS) is 11.9. The van der Waals surface area contributed by atoms with E-state index in [1.165, 1.54) is 0 Å². The van der Waals surface area contributed by atoms with Gasteiger partial charge in [0.15, 0.2) is 0 Å². The molecule has 1 unspecified atom stereocenters. The smallest absolute Gasteiger partial charge is 0.238 e. The van der Waals surface area contributed by atoms with E-state index in [0.717, 1.165) is 15.8 Å². The minimum Gasteiger partial charge on any atom is -0.496 e. The fraction of sp³-hybridized carbons (Fsp3) is 0.235. The molecule has 24 heavy (non-hydrogen) atoms. The van der Waals surface area contributed by atoms with Gasteiger partial charge >= 0.3 is 0 Å². The van der Waals surface area contributed by atoms with Crippen molar-refractivity contribution in [2.75, 3.05) is 19.0 Å². The zero-order valence-corrected chi connectivity index (χ0v) is 16.3. The molecule has 0 saturated carbocycles. The summed E-state index contributed by atoms with van der Waals surface area (Å²) in [6.45, 7) is 2.13. The van der Waals surface area contributed by atoms with Crippen LogP contribution in [0, 0.1) is 0 Å². The zero-order chi connectivity index (χ0) is 17.7. The molecule has 2 aromatic carbocycles. The van der Waals surface area contributed by atoms with E-state index >= 15 is 0 Å². The molecule has 1 atom stereocenters. The largest absolute Gasteiger partial charge is 0.496 e.